The lowest BCUT2D eigenvalue weighted by Gasteiger charge is -2.27. The Hall–Kier alpha value is -1.81. The first-order chi connectivity index (χ1) is 10.3. The minimum atomic E-state index is -0.0957. The van der Waals surface area contributed by atoms with Crippen LogP contribution < -0.4 is 5.32 Å². The van der Waals surface area contributed by atoms with Crippen molar-refractivity contribution in [2.75, 3.05) is 11.9 Å². The van der Waals surface area contributed by atoms with Gasteiger partial charge in [-0.15, -0.1) is 0 Å². The van der Waals surface area contributed by atoms with E-state index in [1.165, 1.54) is 11.1 Å². The van der Waals surface area contributed by atoms with Crippen molar-refractivity contribution < 1.29 is 4.79 Å². The van der Waals surface area contributed by atoms with Gasteiger partial charge in [0.15, 0.2) is 0 Å². The molecule has 21 heavy (non-hydrogen) atoms. The zero-order chi connectivity index (χ0) is 14.2. The van der Waals surface area contributed by atoms with Gasteiger partial charge >= 0.3 is 0 Å². The highest BCUT2D eigenvalue weighted by atomic mass is 32.1. The molecule has 1 saturated heterocycles. The maximum Gasteiger partial charge on any atom is 0.245 e. The van der Waals surface area contributed by atoms with Crippen molar-refractivity contribution in [1.29, 1.82) is 0 Å². The Labute approximate surface area is 128 Å². The van der Waals surface area contributed by atoms with E-state index in [1.807, 2.05) is 12.1 Å². The maximum atomic E-state index is 12.9. The van der Waals surface area contributed by atoms with Crippen LogP contribution in [0.3, 0.4) is 0 Å². The number of amides is 1. The predicted octanol–water partition coefficient (Wildman–Crippen LogP) is 3.45. The smallest absolute Gasteiger partial charge is 0.245 e. The third-order valence-electron chi connectivity index (χ3n) is 4.53. The van der Waals surface area contributed by atoms with Gasteiger partial charge in [0.25, 0.3) is 0 Å². The molecule has 4 rings (SSSR count). The lowest BCUT2D eigenvalue weighted by atomic mass is 10.1. The van der Waals surface area contributed by atoms with E-state index in [1.54, 1.807) is 11.3 Å². The Balaban J connectivity index is 1.53. The molecule has 1 fully saturated rings. The number of para-hydroxylation sites is 1. The lowest BCUT2D eigenvalue weighted by molar-refractivity contribution is -0.132. The van der Waals surface area contributed by atoms with Crippen molar-refractivity contribution in [3.05, 3.63) is 52.2 Å². The summed E-state index contributed by atoms with van der Waals surface area (Å²) in [5.41, 5.74) is 3.66. The van der Waals surface area contributed by atoms with Gasteiger partial charge in [-0.3, -0.25) is 4.79 Å². The van der Waals surface area contributed by atoms with E-state index < -0.39 is 0 Å². The first-order valence-electron chi connectivity index (χ1n) is 7.50. The van der Waals surface area contributed by atoms with Crippen molar-refractivity contribution in [2.45, 2.75) is 31.3 Å². The number of likely N-dealkylation sites (tertiary alicyclic amines) is 1. The monoisotopic (exact) mass is 298 g/mol. The van der Waals surface area contributed by atoms with Gasteiger partial charge in [-0.05, 0) is 46.9 Å². The summed E-state index contributed by atoms with van der Waals surface area (Å²) in [7, 11) is 0. The summed E-state index contributed by atoms with van der Waals surface area (Å²) in [6, 6.07) is 10.5. The Morgan fingerprint density at radius 1 is 1.29 bits per heavy atom. The summed E-state index contributed by atoms with van der Waals surface area (Å²) in [5.74, 6) is 0.250. The van der Waals surface area contributed by atoms with Crippen molar-refractivity contribution in [3.63, 3.8) is 0 Å². The normalized spacial score (nSPS) is 23.9. The lowest BCUT2D eigenvalue weighted by Crippen LogP contribution is -2.41. The van der Waals surface area contributed by atoms with Crippen LogP contribution in [0, 0.1) is 0 Å². The van der Waals surface area contributed by atoms with Crippen LogP contribution in [0.1, 0.15) is 30.0 Å². The van der Waals surface area contributed by atoms with Crippen LogP contribution in [0.5, 0.6) is 0 Å². The van der Waals surface area contributed by atoms with Crippen LogP contribution in [0.4, 0.5) is 5.69 Å². The molecule has 1 aromatic heterocycles. The molecule has 0 spiro atoms. The van der Waals surface area contributed by atoms with Gasteiger partial charge in [0.2, 0.25) is 5.91 Å². The average Bonchev–Trinajstić information content (AvgIpc) is 3.23. The highest BCUT2D eigenvalue weighted by Crippen LogP contribution is 2.35. The second-order valence-corrected chi connectivity index (χ2v) is 6.58. The number of carbonyl (C=O) groups is 1. The second kappa shape index (κ2) is 5.19. The van der Waals surface area contributed by atoms with Crippen molar-refractivity contribution in [1.82, 2.24) is 4.90 Å². The quantitative estimate of drug-likeness (QED) is 0.921. The Bertz CT molecular complexity index is 628. The first kappa shape index (κ1) is 12.9. The van der Waals surface area contributed by atoms with Gasteiger partial charge in [0, 0.05) is 18.7 Å². The highest BCUT2D eigenvalue weighted by Gasteiger charge is 2.36. The number of anilines is 1. The number of fused-ring (bicyclic) bond motifs is 1. The average molecular weight is 298 g/mol. The molecule has 0 saturated carbocycles. The molecule has 3 heterocycles. The topological polar surface area (TPSA) is 32.3 Å². The molecule has 3 nitrogen and oxygen atoms in total. The summed E-state index contributed by atoms with van der Waals surface area (Å²) in [5, 5.41) is 7.66. The zero-order valence-electron chi connectivity index (χ0n) is 11.8. The minimum absolute atomic E-state index is 0.0957. The third kappa shape index (κ3) is 2.23. The second-order valence-electron chi connectivity index (χ2n) is 5.80. The fraction of sp³-hybridized carbons (Fsp3) is 0.353. The fourth-order valence-electron chi connectivity index (χ4n) is 3.49. The molecule has 2 aromatic rings. The van der Waals surface area contributed by atoms with Crippen LogP contribution in [0.2, 0.25) is 0 Å². The van der Waals surface area contributed by atoms with Crippen LogP contribution >= 0.6 is 11.3 Å². The van der Waals surface area contributed by atoms with E-state index in [0.29, 0.717) is 0 Å². The van der Waals surface area contributed by atoms with Crippen molar-refractivity contribution >= 4 is 22.9 Å². The Morgan fingerprint density at radius 2 is 2.19 bits per heavy atom. The summed E-state index contributed by atoms with van der Waals surface area (Å²) < 4.78 is 0. The minimum Gasteiger partial charge on any atom is -0.373 e. The number of carbonyl (C=O) groups excluding carboxylic acids is 1. The first-order valence-corrected chi connectivity index (χ1v) is 8.44. The van der Waals surface area contributed by atoms with Gasteiger partial charge in [0.05, 0.1) is 6.04 Å². The van der Waals surface area contributed by atoms with Gasteiger partial charge in [-0.1, -0.05) is 18.2 Å². The van der Waals surface area contributed by atoms with Gasteiger partial charge < -0.3 is 10.2 Å². The van der Waals surface area contributed by atoms with Crippen LogP contribution in [0.15, 0.2) is 41.1 Å². The molecule has 1 unspecified atom stereocenters. The Kier molecular flexibility index (Phi) is 3.19. The van der Waals surface area contributed by atoms with E-state index >= 15 is 0 Å². The molecule has 2 aliphatic heterocycles. The SMILES string of the molecule is O=C([C@@H]1Cc2ccccc2N1)N1CCCC1c1ccsc1. The molecule has 0 bridgehead atoms. The molecule has 2 atom stereocenters. The maximum absolute atomic E-state index is 12.9. The number of thiophene rings is 1. The van der Waals surface area contributed by atoms with E-state index in [0.717, 1.165) is 31.5 Å². The molecule has 1 aromatic carbocycles. The molecule has 1 amide bonds. The number of nitrogens with zero attached hydrogens (tertiary/aromatic N) is 1. The molecule has 0 radical (unpaired) electrons. The molecule has 1 N–H and O–H groups in total. The molecule has 108 valence electrons. The standard InChI is InChI=1S/C17H18N2OS/c20-17(15-10-12-4-1-2-5-14(12)18-15)19-8-3-6-16(19)13-7-9-21-11-13/h1-2,4-5,7,9,11,15-16,18H,3,6,8,10H2/t15-,16?/m0/s1. The summed E-state index contributed by atoms with van der Waals surface area (Å²) in [6.45, 7) is 0.883. The molecular formula is C17H18N2OS. The fourth-order valence-corrected chi connectivity index (χ4v) is 4.20. The molecular weight excluding hydrogens is 280 g/mol. The van der Waals surface area contributed by atoms with Gasteiger partial charge in [0.1, 0.15) is 6.04 Å². The molecule has 0 aliphatic carbocycles. The van der Waals surface area contributed by atoms with Gasteiger partial charge in [-0.2, -0.15) is 11.3 Å². The predicted molar refractivity (Wildman–Crippen MR) is 85.6 cm³/mol. The number of benzene rings is 1. The summed E-state index contributed by atoms with van der Waals surface area (Å²) in [4.78, 5) is 15.0. The highest BCUT2D eigenvalue weighted by molar-refractivity contribution is 7.07. The van der Waals surface area contributed by atoms with E-state index in [9.17, 15) is 4.79 Å². The number of hydrogen-bond donors (Lipinski definition) is 1. The number of hydrogen-bond acceptors (Lipinski definition) is 3. The van der Waals surface area contributed by atoms with E-state index in [-0.39, 0.29) is 18.0 Å². The van der Waals surface area contributed by atoms with E-state index in [4.69, 9.17) is 0 Å². The van der Waals surface area contributed by atoms with Crippen LogP contribution in [-0.4, -0.2) is 23.4 Å². The van der Waals surface area contributed by atoms with Crippen molar-refractivity contribution in [3.8, 4) is 0 Å². The summed E-state index contributed by atoms with van der Waals surface area (Å²) in [6.07, 6.45) is 3.00. The van der Waals surface area contributed by atoms with E-state index in [2.05, 4.69) is 39.2 Å². The van der Waals surface area contributed by atoms with Crippen LogP contribution in [-0.2, 0) is 11.2 Å². The number of nitrogens with one attached hydrogen (secondary N) is 1. The van der Waals surface area contributed by atoms with Crippen LogP contribution in [0.25, 0.3) is 0 Å². The Morgan fingerprint density at radius 3 is 3.00 bits per heavy atom. The molecule has 2 aliphatic rings. The number of rotatable bonds is 2. The summed E-state index contributed by atoms with van der Waals surface area (Å²) >= 11 is 1.71. The zero-order valence-corrected chi connectivity index (χ0v) is 12.6. The largest absolute Gasteiger partial charge is 0.373 e. The molecule has 4 heteroatoms. The van der Waals surface area contributed by atoms with Gasteiger partial charge in [-0.25, -0.2) is 0 Å². The van der Waals surface area contributed by atoms with Crippen molar-refractivity contribution in [2.24, 2.45) is 0 Å². The third-order valence-corrected chi connectivity index (χ3v) is 5.23.